The summed E-state index contributed by atoms with van der Waals surface area (Å²) in [5.74, 6) is 3.99. The Bertz CT molecular complexity index is 682. The molecule has 0 spiro atoms. The van der Waals surface area contributed by atoms with Crippen molar-refractivity contribution < 1.29 is 5.11 Å². The van der Waals surface area contributed by atoms with E-state index in [1.165, 1.54) is 63.4 Å². The molecule has 1 nitrogen and oxygen atoms in total. The van der Waals surface area contributed by atoms with Crippen LogP contribution >= 0.6 is 0 Å². The molecular formula is C28H46O. The van der Waals surface area contributed by atoms with Gasteiger partial charge in [0.15, 0.2) is 0 Å². The Morgan fingerprint density at radius 2 is 1.86 bits per heavy atom. The number of aliphatic hydroxyl groups is 1. The molecule has 0 amide bonds. The predicted octanol–water partition coefficient (Wildman–Crippen LogP) is 7.70. The van der Waals surface area contributed by atoms with E-state index in [2.05, 4.69) is 47.6 Å². The normalized spacial score (nSPS) is 45.3. The molecule has 0 heterocycles. The number of aliphatic hydroxyl groups excluding tert-OH is 1. The standard InChI is InChI=1S/C28H46O/c1-18(2)8-7-9-19(3)22-13-14-24-21-11-12-23-20(4)10-15-26(29)28(23,6)25(21)16-17-27(22,24)5/h8,19-20,22-24,26,29H,7,9-17H2,1-6H3/t19-,20?,22-,23?,24+,26?,27-,28+/m1/s1. The molecule has 0 radical (unpaired) electrons. The Hall–Kier alpha value is -0.560. The van der Waals surface area contributed by atoms with Crippen molar-refractivity contribution in [2.75, 3.05) is 0 Å². The molecule has 0 aromatic carbocycles. The summed E-state index contributed by atoms with van der Waals surface area (Å²) in [5, 5.41) is 11.2. The second-order valence-electron chi connectivity index (χ2n) is 12.1. The van der Waals surface area contributed by atoms with Gasteiger partial charge in [0.1, 0.15) is 0 Å². The minimum Gasteiger partial charge on any atom is -0.392 e. The van der Waals surface area contributed by atoms with Crippen molar-refractivity contribution in [1.29, 1.82) is 0 Å². The first-order valence-electron chi connectivity index (χ1n) is 12.7. The molecule has 3 unspecified atom stereocenters. The smallest absolute Gasteiger partial charge is 0.0633 e. The Labute approximate surface area is 180 Å². The van der Waals surface area contributed by atoms with Gasteiger partial charge in [0.05, 0.1) is 6.10 Å². The number of allylic oxidation sites excluding steroid dienone is 3. The van der Waals surface area contributed by atoms with E-state index in [1.807, 2.05) is 5.57 Å². The maximum absolute atomic E-state index is 11.2. The SMILES string of the molecule is CC(C)=CCC[C@@H](C)[C@H]1CC[C@H]2C3=C(CC[C@]12C)[C@@]1(C)C(O)CCC(C)C1CC3. The zero-order chi connectivity index (χ0) is 21.0. The predicted molar refractivity (Wildman–Crippen MR) is 124 cm³/mol. The van der Waals surface area contributed by atoms with Crippen LogP contribution in [0.2, 0.25) is 0 Å². The maximum atomic E-state index is 11.2. The van der Waals surface area contributed by atoms with E-state index in [4.69, 9.17) is 0 Å². The van der Waals surface area contributed by atoms with Gasteiger partial charge in [-0.1, -0.05) is 50.5 Å². The average molecular weight is 399 g/mol. The molecule has 0 aromatic heterocycles. The fourth-order valence-electron chi connectivity index (χ4n) is 8.75. The molecule has 0 aromatic rings. The summed E-state index contributed by atoms with van der Waals surface area (Å²) in [7, 11) is 0. The molecule has 1 heteroatoms. The van der Waals surface area contributed by atoms with E-state index >= 15 is 0 Å². The number of hydrogen-bond donors (Lipinski definition) is 1. The molecule has 0 aliphatic heterocycles. The van der Waals surface area contributed by atoms with E-state index in [0.717, 1.165) is 30.1 Å². The molecule has 0 bridgehead atoms. The first kappa shape index (κ1) is 21.7. The number of hydrogen-bond acceptors (Lipinski definition) is 1. The van der Waals surface area contributed by atoms with Crippen molar-refractivity contribution in [2.45, 2.75) is 112 Å². The van der Waals surface area contributed by atoms with E-state index in [9.17, 15) is 5.11 Å². The third kappa shape index (κ3) is 3.38. The van der Waals surface area contributed by atoms with Crippen LogP contribution in [-0.2, 0) is 0 Å². The minimum absolute atomic E-state index is 0.0692. The molecule has 4 aliphatic carbocycles. The highest BCUT2D eigenvalue weighted by atomic mass is 16.3. The van der Waals surface area contributed by atoms with Crippen LogP contribution in [-0.4, -0.2) is 11.2 Å². The summed E-state index contributed by atoms with van der Waals surface area (Å²) in [5.41, 5.74) is 5.58. The van der Waals surface area contributed by atoms with Crippen LogP contribution < -0.4 is 0 Å². The lowest BCUT2D eigenvalue weighted by Crippen LogP contribution is -2.52. The zero-order valence-corrected chi connectivity index (χ0v) is 20.1. The molecule has 2 saturated carbocycles. The van der Waals surface area contributed by atoms with Crippen LogP contribution in [0.15, 0.2) is 22.8 Å². The Kier molecular flexibility index (Phi) is 5.86. The van der Waals surface area contributed by atoms with Crippen molar-refractivity contribution in [3.05, 3.63) is 22.8 Å². The molecule has 4 aliphatic rings. The maximum Gasteiger partial charge on any atom is 0.0633 e. The van der Waals surface area contributed by atoms with Crippen LogP contribution in [0.1, 0.15) is 106 Å². The quantitative estimate of drug-likeness (QED) is 0.481. The van der Waals surface area contributed by atoms with Gasteiger partial charge in [-0.05, 0) is 113 Å². The van der Waals surface area contributed by atoms with E-state index in [-0.39, 0.29) is 11.5 Å². The summed E-state index contributed by atoms with van der Waals surface area (Å²) >= 11 is 0. The largest absolute Gasteiger partial charge is 0.392 e. The highest BCUT2D eigenvalue weighted by Gasteiger charge is 2.58. The minimum atomic E-state index is -0.112. The van der Waals surface area contributed by atoms with Crippen LogP contribution in [0.4, 0.5) is 0 Å². The van der Waals surface area contributed by atoms with Crippen LogP contribution in [0.25, 0.3) is 0 Å². The average Bonchev–Trinajstić information content (AvgIpc) is 3.02. The highest BCUT2D eigenvalue weighted by molar-refractivity contribution is 5.35. The summed E-state index contributed by atoms with van der Waals surface area (Å²) in [6.07, 6.45) is 15.2. The topological polar surface area (TPSA) is 20.2 Å². The fraction of sp³-hybridized carbons (Fsp3) is 0.857. The monoisotopic (exact) mass is 398 g/mol. The first-order valence-corrected chi connectivity index (χ1v) is 12.7. The van der Waals surface area contributed by atoms with Gasteiger partial charge in [-0.3, -0.25) is 0 Å². The second kappa shape index (κ2) is 7.85. The second-order valence-corrected chi connectivity index (χ2v) is 12.1. The lowest BCUT2D eigenvalue weighted by molar-refractivity contribution is -0.0591. The van der Waals surface area contributed by atoms with Gasteiger partial charge < -0.3 is 5.11 Å². The molecule has 1 N–H and O–H groups in total. The van der Waals surface area contributed by atoms with Gasteiger partial charge in [0, 0.05) is 5.41 Å². The summed E-state index contributed by atoms with van der Waals surface area (Å²) in [6, 6.07) is 0. The highest BCUT2D eigenvalue weighted by Crippen LogP contribution is 2.66. The molecule has 0 saturated heterocycles. The van der Waals surface area contributed by atoms with Crippen LogP contribution in [0, 0.1) is 40.4 Å². The molecule has 8 atom stereocenters. The van der Waals surface area contributed by atoms with Gasteiger partial charge in [0.2, 0.25) is 0 Å². The lowest BCUT2D eigenvalue weighted by Gasteiger charge is -2.57. The van der Waals surface area contributed by atoms with Crippen LogP contribution in [0.5, 0.6) is 0 Å². The summed E-state index contributed by atoms with van der Waals surface area (Å²) in [6.45, 7) is 14.5. The van der Waals surface area contributed by atoms with Gasteiger partial charge in [-0.25, -0.2) is 0 Å². The zero-order valence-electron chi connectivity index (χ0n) is 20.1. The Morgan fingerprint density at radius 1 is 1.10 bits per heavy atom. The van der Waals surface area contributed by atoms with Crippen molar-refractivity contribution in [3.8, 4) is 0 Å². The lowest BCUT2D eigenvalue weighted by atomic mass is 9.48. The first-order chi connectivity index (χ1) is 13.7. The van der Waals surface area contributed by atoms with Gasteiger partial charge in [0.25, 0.3) is 0 Å². The number of rotatable bonds is 4. The third-order valence-electron chi connectivity index (χ3n) is 10.4. The van der Waals surface area contributed by atoms with E-state index < -0.39 is 0 Å². The summed E-state index contributed by atoms with van der Waals surface area (Å²) < 4.78 is 0. The van der Waals surface area contributed by atoms with Crippen molar-refractivity contribution >= 4 is 0 Å². The summed E-state index contributed by atoms with van der Waals surface area (Å²) in [4.78, 5) is 0. The fourth-order valence-corrected chi connectivity index (χ4v) is 8.75. The van der Waals surface area contributed by atoms with Gasteiger partial charge in [-0.15, -0.1) is 0 Å². The third-order valence-corrected chi connectivity index (χ3v) is 10.4. The molecule has 2 fully saturated rings. The molecule has 4 rings (SSSR count). The van der Waals surface area contributed by atoms with Crippen molar-refractivity contribution in [1.82, 2.24) is 0 Å². The van der Waals surface area contributed by atoms with Crippen molar-refractivity contribution in [3.63, 3.8) is 0 Å². The molecule has 29 heavy (non-hydrogen) atoms. The van der Waals surface area contributed by atoms with Crippen LogP contribution in [0.3, 0.4) is 0 Å². The van der Waals surface area contributed by atoms with E-state index in [0.29, 0.717) is 11.3 Å². The molecule has 164 valence electrons. The Balaban J connectivity index is 1.59. The number of fused-ring (bicyclic) bond motifs is 4. The van der Waals surface area contributed by atoms with E-state index in [1.54, 1.807) is 5.57 Å². The van der Waals surface area contributed by atoms with Gasteiger partial charge >= 0.3 is 0 Å². The Morgan fingerprint density at radius 3 is 2.59 bits per heavy atom. The van der Waals surface area contributed by atoms with Crippen molar-refractivity contribution in [2.24, 2.45) is 40.4 Å². The molecular weight excluding hydrogens is 352 g/mol. The van der Waals surface area contributed by atoms with Gasteiger partial charge in [-0.2, -0.15) is 0 Å².